The summed E-state index contributed by atoms with van der Waals surface area (Å²) in [6.07, 6.45) is 3.23. The van der Waals surface area contributed by atoms with Crippen LogP contribution >= 0.6 is 0 Å². The summed E-state index contributed by atoms with van der Waals surface area (Å²) < 4.78 is 15.6. The molecule has 0 radical (unpaired) electrons. The molecule has 2 atom stereocenters. The van der Waals surface area contributed by atoms with Crippen molar-refractivity contribution in [3.05, 3.63) is 18.0 Å². The van der Waals surface area contributed by atoms with E-state index in [2.05, 4.69) is 5.10 Å². The van der Waals surface area contributed by atoms with Gasteiger partial charge in [0.2, 0.25) is 0 Å². The minimum Gasteiger partial charge on any atom is -0.325 e. The highest BCUT2D eigenvalue weighted by atomic mass is 19.1. The predicted octanol–water partition coefficient (Wildman–Crippen LogP) is 1.43. The number of hydrogen-bond donors (Lipinski definition) is 1. The first-order valence-corrected chi connectivity index (χ1v) is 4.46. The van der Waals surface area contributed by atoms with Gasteiger partial charge in [-0.1, -0.05) is 0 Å². The Balaban J connectivity index is 2.93. The van der Waals surface area contributed by atoms with Crippen LogP contribution in [0.25, 0.3) is 0 Å². The van der Waals surface area contributed by atoms with Gasteiger partial charge < -0.3 is 5.73 Å². The Bertz CT molecular complexity index is 278. The Hall–Kier alpha value is -0.900. The zero-order valence-corrected chi connectivity index (χ0v) is 8.29. The topological polar surface area (TPSA) is 43.8 Å². The maximum atomic E-state index is 13.9. The first-order chi connectivity index (χ1) is 5.98. The normalized spacial score (nSPS) is 18.2. The van der Waals surface area contributed by atoms with Gasteiger partial charge in [0.25, 0.3) is 0 Å². The average molecular weight is 185 g/mol. The number of aromatic nitrogens is 2. The lowest BCUT2D eigenvalue weighted by Gasteiger charge is -2.22. The van der Waals surface area contributed by atoms with Gasteiger partial charge in [0.15, 0.2) is 5.67 Å². The van der Waals surface area contributed by atoms with Crippen LogP contribution in [0.3, 0.4) is 0 Å². The standard InChI is InChI=1S/C9H16FN3/c1-4-13-6-8(5-12-13)9(3,10)7(2)11/h5-7H,4,11H2,1-3H3. The molecule has 2 N–H and O–H groups in total. The van der Waals surface area contributed by atoms with Crippen LogP contribution in [0.15, 0.2) is 12.4 Å². The summed E-state index contributed by atoms with van der Waals surface area (Å²) in [6, 6.07) is -0.526. The summed E-state index contributed by atoms with van der Waals surface area (Å²) in [7, 11) is 0. The van der Waals surface area contributed by atoms with Crippen molar-refractivity contribution >= 4 is 0 Å². The zero-order chi connectivity index (χ0) is 10.1. The summed E-state index contributed by atoms with van der Waals surface area (Å²) >= 11 is 0. The fourth-order valence-electron chi connectivity index (χ4n) is 1.05. The quantitative estimate of drug-likeness (QED) is 0.774. The van der Waals surface area contributed by atoms with Crippen molar-refractivity contribution in [3.63, 3.8) is 0 Å². The average Bonchev–Trinajstić information content (AvgIpc) is 2.51. The molecule has 1 heterocycles. The highest BCUT2D eigenvalue weighted by molar-refractivity contribution is 5.16. The van der Waals surface area contributed by atoms with E-state index in [0.717, 1.165) is 6.54 Å². The van der Waals surface area contributed by atoms with Gasteiger partial charge in [-0.05, 0) is 20.8 Å². The molecule has 4 heteroatoms. The number of nitrogens with zero attached hydrogens (tertiary/aromatic N) is 2. The molecule has 74 valence electrons. The van der Waals surface area contributed by atoms with E-state index in [1.165, 1.54) is 13.1 Å². The van der Waals surface area contributed by atoms with Crippen LogP contribution in [0.4, 0.5) is 4.39 Å². The van der Waals surface area contributed by atoms with Gasteiger partial charge in [0, 0.05) is 24.3 Å². The third kappa shape index (κ3) is 1.88. The molecule has 1 aromatic heterocycles. The van der Waals surface area contributed by atoms with Gasteiger partial charge >= 0.3 is 0 Å². The van der Waals surface area contributed by atoms with Gasteiger partial charge in [0.05, 0.1) is 6.20 Å². The largest absolute Gasteiger partial charge is 0.325 e. The Morgan fingerprint density at radius 2 is 2.38 bits per heavy atom. The minimum absolute atomic E-state index is 0.526. The monoisotopic (exact) mass is 185 g/mol. The lowest BCUT2D eigenvalue weighted by atomic mass is 9.94. The summed E-state index contributed by atoms with van der Waals surface area (Å²) in [5, 5.41) is 4.00. The summed E-state index contributed by atoms with van der Waals surface area (Å²) in [4.78, 5) is 0. The Morgan fingerprint density at radius 3 is 2.77 bits per heavy atom. The van der Waals surface area contributed by atoms with E-state index < -0.39 is 11.7 Å². The van der Waals surface area contributed by atoms with Crippen LogP contribution in [-0.2, 0) is 12.2 Å². The lowest BCUT2D eigenvalue weighted by molar-refractivity contribution is 0.157. The highest BCUT2D eigenvalue weighted by Crippen LogP contribution is 2.27. The smallest absolute Gasteiger partial charge is 0.150 e. The van der Waals surface area contributed by atoms with E-state index in [1.807, 2.05) is 6.92 Å². The molecular formula is C9H16FN3. The second-order valence-electron chi connectivity index (χ2n) is 3.45. The molecule has 0 aliphatic rings. The van der Waals surface area contributed by atoms with Crippen molar-refractivity contribution in [1.82, 2.24) is 9.78 Å². The van der Waals surface area contributed by atoms with Gasteiger partial charge in [-0.2, -0.15) is 5.10 Å². The Morgan fingerprint density at radius 1 is 1.77 bits per heavy atom. The predicted molar refractivity (Wildman–Crippen MR) is 50.0 cm³/mol. The van der Waals surface area contributed by atoms with Crippen molar-refractivity contribution in [2.75, 3.05) is 0 Å². The van der Waals surface area contributed by atoms with Crippen molar-refractivity contribution in [1.29, 1.82) is 0 Å². The van der Waals surface area contributed by atoms with E-state index in [4.69, 9.17) is 5.73 Å². The van der Waals surface area contributed by atoms with Crippen LogP contribution in [0, 0.1) is 0 Å². The number of nitrogens with two attached hydrogens (primary N) is 1. The van der Waals surface area contributed by atoms with Gasteiger partial charge in [-0.25, -0.2) is 4.39 Å². The maximum Gasteiger partial charge on any atom is 0.150 e. The summed E-state index contributed by atoms with van der Waals surface area (Å²) in [6.45, 7) is 5.84. The van der Waals surface area contributed by atoms with Crippen LogP contribution in [0.2, 0.25) is 0 Å². The fraction of sp³-hybridized carbons (Fsp3) is 0.667. The second kappa shape index (κ2) is 3.46. The highest BCUT2D eigenvalue weighted by Gasteiger charge is 2.31. The van der Waals surface area contributed by atoms with Crippen molar-refractivity contribution in [2.24, 2.45) is 5.73 Å². The molecular weight excluding hydrogens is 169 g/mol. The molecule has 0 bridgehead atoms. The van der Waals surface area contributed by atoms with Crippen LogP contribution in [0.5, 0.6) is 0 Å². The molecule has 0 amide bonds. The molecule has 3 nitrogen and oxygen atoms in total. The molecule has 0 aliphatic carbocycles. The number of aryl methyl sites for hydroxylation is 1. The van der Waals surface area contributed by atoms with Gasteiger partial charge in [-0.15, -0.1) is 0 Å². The SMILES string of the molecule is CCn1cc(C(C)(F)C(C)N)cn1. The van der Waals surface area contributed by atoms with Crippen LogP contribution in [-0.4, -0.2) is 15.8 Å². The number of halogens is 1. The van der Waals surface area contributed by atoms with Gasteiger partial charge in [-0.3, -0.25) is 4.68 Å². The van der Waals surface area contributed by atoms with E-state index >= 15 is 0 Å². The van der Waals surface area contributed by atoms with Gasteiger partial charge in [0.1, 0.15) is 0 Å². The molecule has 13 heavy (non-hydrogen) atoms. The number of hydrogen-bond acceptors (Lipinski definition) is 2. The lowest BCUT2D eigenvalue weighted by Crippen LogP contribution is -2.36. The van der Waals surface area contributed by atoms with Crippen LogP contribution in [0.1, 0.15) is 26.3 Å². The molecule has 0 saturated heterocycles. The van der Waals surface area contributed by atoms with Crippen LogP contribution < -0.4 is 5.73 Å². The minimum atomic E-state index is -1.49. The van der Waals surface area contributed by atoms with E-state index in [0.29, 0.717) is 5.56 Å². The zero-order valence-electron chi connectivity index (χ0n) is 8.29. The first-order valence-electron chi connectivity index (χ1n) is 4.46. The Kier molecular flexibility index (Phi) is 2.71. The molecule has 0 spiro atoms. The van der Waals surface area contributed by atoms with Crippen molar-refractivity contribution < 1.29 is 4.39 Å². The molecule has 2 unspecified atom stereocenters. The first kappa shape index (κ1) is 10.2. The molecule has 0 saturated carbocycles. The molecule has 0 aromatic carbocycles. The van der Waals surface area contributed by atoms with Crippen molar-refractivity contribution in [2.45, 2.75) is 39.0 Å². The third-order valence-corrected chi connectivity index (χ3v) is 2.38. The number of rotatable bonds is 3. The van der Waals surface area contributed by atoms with E-state index in [-0.39, 0.29) is 0 Å². The second-order valence-corrected chi connectivity index (χ2v) is 3.45. The maximum absolute atomic E-state index is 13.9. The fourth-order valence-corrected chi connectivity index (χ4v) is 1.05. The molecule has 0 fully saturated rings. The molecule has 1 aromatic rings. The van der Waals surface area contributed by atoms with Crippen molar-refractivity contribution in [3.8, 4) is 0 Å². The summed E-state index contributed by atoms with van der Waals surface area (Å²) in [5.41, 5.74) is 4.59. The van der Waals surface area contributed by atoms with E-state index in [1.54, 1.807) is 17.8 Å². The molecule has 0 aliphatic heterocycles. The van der Waals surface area contributed by atoms with E-state index in [9.17, 15) is 4.39 Å². The number of alkyl halides is 1. The summed E-state index contributed by atoms with van der Waals surface area (Å²) in [5.74, 6) is 0. The molecule has 1 rings (SSSR count). The third-order valence-electron chi connectivity index (χ3n) is 2.38. The Labute approximate surface area is 77.7 Å².